The molecule has 1 saturated heterocycles. The van der Waals surface area contributed by atoms with Gasteiger partial charge in [0.2, 0.25) is 0 Å². The molecule has 1 fully saturated rings. The van der Waals surface area contributed by atoms with E-state index >= 15 is 0 Å². The summed E-state index contributed by atoms with van der Waals surface area (Å²) in [5.74, 6) is -0.344. The van der Waals surface area contributed by atoms with E-state index in [-0.39, 0.29) is 5.75 Å². The summed E-state index contributed by atoms with van der Waals surface area (Å²) in [5, 5.41) is 11.7. The second-order valence-electron chi connectivity index (χ2n) is 3.47. The molecule has 0 aromatic carbocycles. The van der Waals surface area contributed by atoms with Crippen LogP contribution < -0.4 is 5.32 Å². The lowest BCUT2D eigenvalue weighted by Gasteiger charge is -2.31. The molecule has 1 heterocycles. The summed E-state index contributed by atoms with van der Waals surface area (Å²) in [5.41, 5.74) is 0. The standard InChI is InChI=1S/C8H18N2O4S/c1-8(10-4-2-9-3-5-10)14-15(12,13)7-6-11/h8-9,11H,2-7H2,1H3. The van der Waals surface area contributed by atoms with E-state index in [0.717, 1.165) is 26.2 Å². The monoisotopic (exact) mass is 238 g/mol. The average molecular weight is 238 g/mol. The number of hydrogen-bond acceptors (Lipinski definition) is 6. The summed E-state index contributed by atoms with van der Waals surface area (Å²) in [6, 6.07) is 0. The number of hydrogen-bond donors (Lipinski definition) is 2. The number of nitrogens with zero attached hydrogens (tertiary/aromatic N) is 1. The molecule has 15 heavy (non-hydrogen) atoms. The van der Waals surface area contributed by atoms with Gasteiger partial charge in [0.1, 0.15) is 6.23 Å². The van der Waals surface area contributed by atoms with Crippen molar-refractivity contribution in [3.05, 3.63) is 0 Å². The Labute approximate surface area is 90.3 Å². The Bertz CT molecular complexity index is 274. The molecule has 0 spiro atoms. The molecule has 0 amide bonds. The molecule has 7 heteroatoms. The Kier molecular flexibility index (Phi) is 4.94. The fourth-order valence-corrected chi connectivity index (χ4v) is 2.34. The Hall–Kier alpha value is -0.210. The first kappa shape index (κ1) is 12.9. The lowest BCUT2D eigenvalue weighted by atomic mass is 10.3. The van der Waals surface area contributed by atoms with Gasteiger partial charge in [0.05, 0.1) is 12.4 Å². The second-order valence-corrected chi connectivity index (χ2v) is 5.18. The summed E-state index contributed by atoms with van der Waals surface area (Å²) in [7, 11) is -3.59. The predicted molar refractivity (Wildman–Crippen MR) is 55.9 cm³/mol. The van der Waals surface area contributed by atoms with Crippen LogP contribution in [0.4, 0.5) is 0 Å². The largest absolute Gasteiger partial charge is 0.395 e. The molecule has 1 aliphatic rings. The highest BCUT2D eigenvalue weighted by atomic mass is 32.2. The van der Waals surface area contributed by atoms with Gasteiger partial charge in [-0.3, -0.25) is 9.08 Å². The number of piperazine rings is 1. The van der Waals surface area contributed by atoms with E-state index in [4.69, 9.17) is 9.29 Å². The molecule has 90 valence electrons. The molecule has 0 saturated carbocycles. The van der Waals surface area contributed by atoms with Crippen LogP contribution in [-0.4, -0.2) is 63.2 Å². The normalized spacial score (nSPS) is 21.5. The van der Waals surface area contributed by atoms with Crippen molar-refractivity contribution in [1.82, 2.24) is 10.2 Å². The van der Waals surface area contributed by atoms with Gasteiger partial charge in [-0.2, -0.15) is 8.42 Å². The zero-order valence-corrected chi connectivity index (χ0v) is 9.66. The van der Waals surface area contributed by atoms with Crippen LogP contribution in [0.5, 0.6) is 0 Å². The highest BCUT2D eigenvalue weighted by molar-refractivity contribution is 7.86. The van der Waals surface area contributed by atoms with Crippen molar-refractivity contribution >= 4 is 10.1 Å². The Morgan fingerprint density at radius 1 is 1.47 bits per heavy atom. The first-order valence-electron chi connectivity index (χ1n) is 5.02. The molecule has 1 aliphatic heterocycles. The molecule has 0 radical (unpaired) electrons. The van der Waals surface area contributed by atoms with Crippen LogP contribution in [0.1, 0.15) is 6.92 Å². The Morgan fingerprint density at radius 3 is 2.60 bits per heavy atom. The molecule has 1 unspecified atom stereocenters. The van der Waals surface area contributed by atoms with E-state index in [1.165, 1.54) is 0 Å². The van der Waals surface area contributed by atoms with Crippen molar-refractivity contribution in [2.24, 2.45) is 0 Å². The molecule has 1 rings (SSSR count). The SMILES string of the molecule is CC(OS(=O)(=O)CCO)N1CCNCC1. The van der Waals surface area contributed by atoms with E-state index in [1.807, 2.05) is 4.90 Å². The summed E-state index contributed by atoms with van der Waals surface area (Å²) in [4.78, 5) is 1.95. The zero-order valence-electron chi connectivity index (χ0n) is 8.85. The third-order valence-corrected chi connectivity index (χ3v) is 3.55. The van der Waals surface area contributed by atoms with Gasteiger partial charge in [0.25, 0.3) is 10.1 Å². The zero-order chi connectivity index (χ0) is 11.3. The fraction of sp³-hybridized carbons (Fsp3) is 1.00. The highest BCUT2D eigenvalue weighted by Gasteiger charge is 2.22. The van der Waals surface area contributed by atoms with Crippen LogP contribution >= 0.6 is 0 Å². The predicted octanol–water partition coefficient (Wildman–Crippen LogP) is -1.42. The maximum absolute atomic E-state index is 11.3. The van der Waals surface area contributed by atoms with E-state index in [0.29, 0.717) is 0 Å². The van der Waals surface area contributed by atoms with Crippen LogP contribution in [0.2, 0.25) is 0 Å². The minimum Gasteiger partial charge on any atom is -0.395 e. The van der Waals surface area contributed by atoms with E-state index < -0.39 is 23.0 Å². The minimum absolute atomic E-state index is 0.344. The van der Waals surface area contributed by atoms with Crippen LogP contribution in [0.3, 0.4) is 0 Å². The van der Waals surface area contributed by atoms with Gasteiger partial charge in [-0.1, -0.05) is 0 Å². The van der Waals surface area contributed by atoms with Crippen molar-refractivity contribution in [3.63, 3.8) is 0 Å². The summed E-state index contributed by atoms with van der Waals surface area (Å²) < 4.78 is 27.4. The van der Waals surface area contributed by atoms with Gasteiger partial charge >= 0.3 is 0 Å². The molecule has 1 atom stereocenters. The second kappa shape index (κ2) is 5.76. The fourth-order valence-electron chi connectivity index (χ4n) is 1.48. The maximum atomic E-state index is 11.3. The molecule has 0 aromatic heterocycles. The molecule has 0 bridgehead atoms. The van der Waals surface area contributed by atoms with E-state index in [1.54, 1.807) is 6.92 Å². The molecular weight excluding hydrogens is 220 g/mol. The third-order valence-electron chi connectivity index (χ3n) is 2.29. The lowest BCUT2D eigenvalue weighted by Crippen LogP contribution is -2.48. The van der Waals surface area contributed by atoms with Crippen molar-refractivity contribution in [2.45, 2.75) is 13.2 Å². The van der Waals surface area contributed by atoms with Crippen molar-refractivity contribution in [1.29, 1.82) is 0 Å². The van der Waals surface area contributed by atoms with Gasteiger partial charge in [0, 0.05) is 26.2 Å². The van der Waals surface area contributed by atoms with E-state index in [9.17, 15) is 8.42 Å². The first-order valence-corrected chi connectivity index (χ1v) is 6.59. The van der Waals surface area contributed by atoms with Crippen LogP contribution in [-0.2, 0) is 14.3 Å². The molecule has 0 aliphatic carbocycles. The quantitative estimate of drug-likeness (QED) is 0.572. The molecular formula is C8H18N2O4S. The van der Waals surface area contributed by atoms with Crippen LogP contribution in [0.15, 0.2) is 0 Å². The van der Waals surface area contributed by atoms with E-state index in [2.05, 4.69) is 5.32 Å². The van der Waals surface area contributed by atoms with Gasteiger partial charge < -0.3 is 10.4 Å². The van der Waals surface area contributed by atoms with Crippen molar-refractivity contribution in [3.8, 4) is 0 Å². The van der Waals surface area contributed by atoms with Gasteiger partial charge in [-0.05, 0) is 6.92 Å². The smallest absolute Gasteiger partial charge is 0.271 e. The number of rotatable bonds is 5. The molecule has 2 N–H and O–H groups in total. The third kappa shape index (κ3) is 4.43. The lowest BCUT2D eigenvalue weighted by molar-refractivity contribution is 0.0359. The summed E-state index contributed by atoms with van der Waals surface area (Å²) >= 11 is 0. The maximum Gasteiger partial charge on any atom is 0.271 e. The van der Waals surface area contributed by atoms with Gasteiger partial charge in [-0.15, -0.1) is 0 Å². The van der Waals surface area contributed by atoms with Crippen LogP contribution in [0.25, 0.3) is 0 Å². The Balaban J connectivity index is 2.43. The highest BCUT2D eigenvalue weighted by Crippen LogP contribution is 2.06. The van der Waals surface area contributed by atoms with Crippen molar-refractivity contribution < 1.29 is 17.7 Å². The van der Waals surface area contributed by atoms with Gasteiger partial charge in [0.15, 0.2) is 0 Å². The summed E-state index contributed by atoms with van der Waals surface area (Å²) in [6.07, 6.45) is -0.455. The van der Waals surface area contributed by atoms with Crippen LogP contribution in [0, 0.1) is 0 Å². The first-order chi connectivity index (χ1) is 7.05. The number of aliphatic hydroxyl groups excluding tert-OH is 1. The minimum atomic E-state index is -3.59. The molecule has 6 nitrogen and oxygen atoms in total. The average Bonchev–Trinajstić information content (AvgIpc) is 2.18. The number of nitrogens with one attached hydrogen (secondary N) is 1. The number of aliphatic hydroxyl groups is 1. The Morgan fingerprint density at radius 2 is 2.07 bits per heavy atom. The van der Waals surface area contributed by atoms with Crippen molar-refractivity contribution in [2.75, 3.05) is 38.5 Å². The van der Waals surface area contributed by atoms with Gasteiger partial charge in [-0.25, -0.2) is 0 Å². The topological polar surface area (TPSA) is 78.9 Å². The molecule has 0 aromatic rings. The summed E-state index contributed by atoms with van der Waals surface area (Å²) in [6.45, 7) is 4.53.